The third kappa shape index (κ3) is 7.51. The summed E-state index contributed by atoms with van der Waals surface area (Å²) in [6.45, 7) is 2.21. The average molecular weight is 893 g/mol. The van der Waals surface area contributed by atoms with E-state index < -0.39 is 0 Å². The number of rotatable bonds is 10. The van der Waals surface area contributed by atoms with Crippen LogP contribution in [0.5, 0.6) is 0 Å². The van der Waals surface area contributed by atoms with Gasteiger partial charge in [0.15, 0.2) is 0 Å². The highest BCUT2D eigenvalue weighted by atomic mass is 19.1. The average Bonchev–Trinajstić information content (AvgIpc) is 3.40. The summed E-state index contributed by atoms with van der Waals surface area (Å²) in [4.78, 5) is 4.20. The van der Waals surface area contributed by atoms with E-state index in [4.69, 9.17) is 0 Å². The molecule has 0 aliphatic heterocycles. The van der Waals surface area contributed by atoms with Crippen LogP contribution in [-0.4, -0.2) is 0 Å². The largest absolute Gasteiger partial charge is 0.307 e. The Balaban J connectivity index is 1.11. The first-order chi connectivity index (χ1) is 34.0. The fraction of sp³-hybridized carbons (Fsp3) is 0.0462. The summed E-state index contributed by atoms with van der Waals surface area (Å²) in [6, 6.07) is 75.2. The van der Waals surface area contributed by atoms with Gasteiger partial charge in [-0.15, -0.1) is 0 Å². The first-order valence-corrected chi connectivity index (χ1v) is 23.6. The Bertz CT molecular complexity index is 3720. The number of para-hydroxylation sites is 2. The first-order valence-electron chi connectivity index (χ1n) is 23.6. The van der Waals surface area contributed by atoms with Crippen LogP contribution in [0.3, 0.4) is 0 Å². The molecule has 0 aromatic heterocycles. The maximum atomic E-state index is 17.7. The van der Waals surface area contributed by atoms with Crippen LogP contribution in [0.4, 0.5) is 42.9 Å². The van der Waals surface area contributed by atoms with E-state index in [1.54, 1.807) is 12.1 Å². The summed E-state index contributed by atoms with van der Waals surface area (Å²) in [6.07, 6.45) is 7.23. The molecule has 0 heterocycles. The Kier molecular flexibility index (Phi) is 10.6. The molecule has 0 bridgehead atoms. The summed E-state index contributed by atoms with van der Waals surface area (Å²) < 4.78 is 35.3. The number of anilines is 6. The highest BCUT2D eigenvalue weighted by Crippen LogP contribution is 2.51. The Morgan fingerprint density at radius 2 is 0.812 bits per heavy atom. The van der Waals surface area contributed by atoms with Gasteiger partial charge < -0.3 is 9.80 Å². The molecule has 0 saturated carbocycles. The van der Waals surface area contributed by atoms with E-state index in [-0.39, 0.29) is 11.6 Å². The highest BCUT2D eigenvalue weighted by Gasteiger charge is 2.29. The van der Waals surface area contributed by atoms with Crippen LogP contribution in [0, 0.1) is 17.6 Å². The van der Waals surface area contributed by atoms with Gasteiger partial charge in [-0.05, 0) is 128 Å². The topological polar surface area (TPSA) is 6.48 Å². The smallest absolute Gasteiger partial charge is 0.148 e. The molecule has 0 spiro atoms. The van der Waals surface area contributed by atoms with Crippen molar-refractivity contribution in [2.75, 3.05) is 9.80 Å². The zero-order chi connectivity index (χ0) is 46.4. The molecule has 330 valence electrons. The van der Waals surface area contributed by atoms with Crippen LogP contribution in [0.15, 0.2) is 243 Å². The van der Waals surface area contributed by atoms with Gasteiger partial charge in [0.1, 0.15) is 11.6 Å². The van der Waals surface area contributed by atoms with Crippen molar-refractivity contribution in [1.29, 1.82) is 0 Å². The minimum absolute atomic E-state index is 0.296. The second-order valence-electron chi connectivity index (χ2n) is 18.0. The Morgan fingerprint density at radius 3 is 1.28 bits per heavy atom. The van der Waals surface area contributed by atoms with Crippen molar-refractivity contribution in [3.63, 3.8) is 0 Å². The molecule has 4 heteroatoms. The molecule has 2 nitrogen and oxygen atoms in total. The molecule has 69 heavy (non-hydrogen) atoms. The third-order valence-electron chi connectivity index (χ3n) is 13.6. The summed E-state index contributed by atoms with van der Waals surface area (Å²) >= 11 is 0. The van der Waals surface area contributed by atoms with E-state index in [9.17, 15) is 0 Å². The van der Waals surface area contributed by atoms with E-state index in [0.29, 0.717) is 17.3 Å². The molecule has 1 atom stereocenters. The summed E-state index contributed by atoms with van der Waals surface area (Å²) in [5.41, 5.74) is 11.5. The van der Waals surface area contributed by atoms with Crippen LogP contribution in [0.25, 0.3) is 71.3 Å². The normalized spacial score (nSPS) is 13.6. The van der Waals surface area contributed by atoms with Crippen molar-refractivity contribution in [2.45, 2.75) is 13.3 Å². The van der Waals surface area contributed by atoms with Crippen molar-refractivity contribution in [3.8, 4) is 33.4 Å². The monoisotopic (exact) mass is 892 g/mol. The Hall–Kier alpha value is -8.60. The summed E-state index contributed by atoms with van der Waals surface area (Å²) in [5, 5.41) is 6.16. The van der Waals surface area contributed by atoms with Crippen LogP contribution in [-0.2, 0) is 0 Å². The van der Waals surface area contributed by atoms with E-state index in [1.165, 1.54) is 0 Å². The van der Waals surface area contributed by atoms with Gasteiger partial charge in [0.05, 0.1) is 22.7 Å². The molecular weight excluding hydrogens is 847 g/mol. The second kappa shape index (κ2) is 17.6. The molecule has 0 saturated heterocycles. The minimum atomic E-state index is -0.334. The summed E-state index contributed by atoms with van der Waals surface area (Å²) in [7, 11) is 0. The lowest BCUT2D eigenvalue weighted by Gasteiger charge is -2.32. The lowest BCUT2D eigenvalue weighted by atomic mass is 9.87. The van der Waals surface area contributed by atoms with Crippen molar-refractivity contribution in [1.82, 2.24) is 0 Å². The molecule has 0 fully saturated rings. The van der Waals surface area contributed by atoms with Crippen LogP contribution < -0.4 is 9.80 Å². The van der Waals surface area contributed by atoms with Crippen LogP contribution in [0.2, 0.25) is 0 Å². The molecular formula is C65H46F2N2. The number of hydrogen-bond acceptors (Lipinski definition) is 2. The minimum Gasteiger partial charge on any atom is -0.307 e. The lowest BCUT2D eigenvalue weighted by Crippen LogP contribution is -2.15. The fourth-order valence-electron chi connectivity index (χ4n) is 10.5. The fourth-order valence-corrected chi connectivity index (χ4v) is 10.5. The Morgan fingerprint density at radius 1 is 0.406 bits per heavy atom. The first kappa shape index (κ1) is 41.8. The maximum Gasteiger partial charge on any atom is 0.148 e. The van der Waals surface area contributed by atoms with Gasteiger partial charge in [-0.1, -0.05) is 189 Å². The van der Waals surface area contributed by atoms with Gasteiger partial charge in [0.2, 0.25) is 0 Å². The third-order valence-corrected chi connectivity index (χ3v) is 13.6. The molecule has 1 aliphatic carbocycles. The highest BCUT2D eigenvalue weighted by molar-refractivity contribution is 6.28. The Labute approximate surface area is 401 Å². The zero-order valence-corrected chi connectivity index (χ0v) is 38.0. The van der Waals surface area contributed by atoms with Gasteiger partial charge in [0.25, 0.3) is 0 Å². The van der Waals surface area contributed by atoms with Crippen molar-refractivity contribution in [2.24, 2.45) is 5.92 Å². The van der Waals surface area contributed by atoms with E-state index in [0.717, 1.165) is 106 Å². The van der Waals surface area contributed by atoms with E-state index in [1.807, 2.05) is 140 Å². The number of allylic oxidation sites excluding steroid dienone is 4. The SMILES string of the molecule is CC1C=CC=C(c2cc(-c3ccccc3)cc(F)c2N(c2ccccc2)c2ccc3ccc4c(N(c5ccccc5)c5c(F)cc(-c6ccccc6)cc5-c5ccccc5)ccc5ccc2c3c54)C1. The van der Waals surface area contributed by atoms with Crippen LogP contribution in [0.1, 0.15) is 18.9 Å². The number of benzene rings is 11. The van der Waals surface area contributed by atoms with Crippen molar-refractivity contribution >= 4 is 72.0 Å². The molecule has 1 aliphatic rings. The molecule has 0 amide bonds. The molecule has 12 rings (SSSR count). The predicted molar refractivity (Wildman–Crippen MR) is 287 cm³/mol. The summed E-state index contributed by atoms with van der Waals surface area (Å²) in [5.74, 6) is -0.344. The quantitative estimate of drug-likeness (QED) is 0.126. The van der Waals surface area contributed by atoms with E-state index in [2.05, 4.69) is 108 Å². The van der Waals surface area contributed by atoms with Gasteiger partial charge >= 0.3 is 0 Å². The van der Waals surface area contributed by atoms with Gasteiger partial charge in [-0.2, -0.15) is 0 Å². The molecule has 0 N–H and O–H groups in total. The number of hydrogen-bond donors (Lipinski definition) is 0. The van der Waals surface area contributed by atoms with Gasteiger partial charge in [0, 0.05) is 33.3 Å². The van der Waals surface area contributed by atoms with Crippen molar-refractivity contribution < 1.29 is 8.78 Å². The predicted octanol–water partition coefficient (Wildman–Crippen LogP) is 18.8. The molecule has 11 aromatic carbocycles. The maximum absolute atomic E-state index is 17.7. The van der Waals surface area contributed by atoms with Gasteiger partial charge in [-0.25, -0.2) is 8.78 Å². The molecule has 11 aromatic rings. The molecule has 0 radical (unpaired) electrons. The number of halogens is 2. The second-order valence-corrected chi connectivity index (χ2v) is 18.0. The zero-order valence-electron chi connectivity index (χ0n) is 38.0. The number of nitrogens with zero attached hydrogens (tertiary/aromatic N) is 2. The molecule has 1 unspecified atom stereocenters. The van der Waals surface area contributed by atoms with Crippen molar-refractivity contribution in [3.05, 3.63) is 260 Å². The van der Waals surface area contributed by atoms with Crippen LogP contribution >= 0.6 is 0 Å². The standard InChI is InChI=1S/C65H46F2N2/c1-43-18-17-25-49(38-43)57-40-51(45-21-9-3-10-22-45)42-59(67)65(57)69(53-28-15-6-16-29-53)61-37-33-48-30-34-54-60(36-32-47-31-35-55(61)63(48)62(47)54)68(52-26-13-5-14-27-52)64-56(46-23-11-4-12-24-46)39-50(41-58(64)66)44-19-7-2-8-20-44/h2-37,39-43H,38H2,1H3. The van der Waals surface area contributed by atoms with Gasteiger partial charge in [-0.3, -0.25) is 0 Å². The lowest BCUT2D eigenvalue weighted by molar-refractivity contribution is 0.628. The van der Waals surface area contributed by atoms with E-state index >= 15 is 8.78 Å².